The summed E-state index contributed by atoms with van der Waals surface area (Å²) in [6.07, 6.45) is 4.85. The summed E-state index contributed by atoms with van der Waals surface area (Å²) in [5.74, 6) is 0.396. The number of aromatic nitrogens is 4. The average molecular weight is 219 g/mol. The van der Waals surface area contributed by atoms with Crippen LogP contribution in [-0.2, 0) is 0 Å². The molecule has 2 rings (SSSR count). The first-order valence-corrected chi connectivity index (χ1v) is 5.11. The molecule has 0 saturated heterocycles. The second kappa shape index (κ2) is 4.22. The molecular formula is C9H9N5S. The lowest BCUT2D eigenvalue weighted by Crippen LogP contribution is -1.94. The Kier molecular flexibility index (Phi) is 2.77. The van der Waals surface area contributed by atoms with E-state index in [1.807, 2.05) is 13.0 Å². The minimum atomic E-state index is 0.396. The first-order chi connectivity index (χ1) is 7.24. The molecule has 2 N–H and O–H groups in total. The Labute approximate surface area is 91.2 Å². The highest BCUT2D eigenvalue weighted by Gasteiger charge is 2.02. The van der Waals surface area contributed by atoms with Crippen LogP contribution in [0.25, 0.3) is 0 Å². The smallest absolute Gasteiger partial charge is 0.194 e. The molecule has 0 radical (unpaired) electrons. The van der Waals surface area contributed by atoms with Crippen LogP contribution in [0.4, 0.5) is 5.82 Å². The fourth-order valence-electron chi connectivity index (χ4n) is 0.980. The fraction of sp³-hybridized carbons (Fsp3) is 0.111. The summed E-state index contributed by atoms with van der Waals surface area (Å²) in [7, 11) is 0. The third-order valence-electron chi connectivity index (χ3n) is 1.60. The van der Waals surface area contributed by atoms with E-state index < -0.39 is 0 Å². The van der Waals surface area contributed by atoms with E-state index in [0.717, 1.165) is 5.69 Å². The van der Waals surface area contributed by atoms with Crippen LogP contribution in [-0.4, -0.2) is 19.9 Å². The highest BCUT2D eigenvalue weighted by molar-refractivity contribution is 7.99. The molecule has 0 aliphatic carbocycles. The third kappa shape index (κ3) is 2.63. The van der Waals surface area contributed by atoms with Crippen LogP contribution < -0.4 is 5.73 Å². The second-order valence-corrected chi connectivity index (χ2v) is 3.85. The highest BCUT2D eigenvalue weighted by atomic mass is 32.2. The average Bonchev–Trinajstić information content (AvgIpc) is 2.17. The minimum Gasteiger partial charge on any atom is -0.382 e. The van der Waals surface area contributed by atoms with Gasteiger partial charge < -0.3 is 5.73 Å². The van der Waals surface area contributed by atoms with Crippen LogP contribution >= 0.6 is 11.8 Å². The molecule has 0 unspecified atom stereocenters. The summed E-state index contributed by atoms with van der Waals surface area (Å²) in [4.78, 5) is 16.4. The number of rotatable bonds is 2. The molecule has 0 aliphatic rings. The van der Waals surface area contributed by atoms with Crippen LogP contribution in [0.3, 0.4) is 0 Å². The van der Waals surface area contributed by atoms with Gasteiger partial charge in [-0.15, -0.1) is 0 Å². The normalized spacial score (nSPS) is 10.2. The van der Waals surface area contributed by atoms with E-state index in [2.05, 4.69) is 19.9 Å². The van der Waals surface area contributed by atoms with Crippen LogP contribution in [0.15, 0.2) is 34.8 Å². The lowest BCUT2D eigenvalue weighted by molar-refractivity contribution is 0.925. The summed E-state index contributed by atoms with van der Waals surface area (Å²) in [6.45, 7) is 1.91. The van der Waals surface area contributed by atoms with Gasteiger partial charge in [0.05, 0.1) is 12.4 Å². The van der Waals surface area contributed by atoms with Crippen LogP contribution in [0.2, 0.25) is 0 Å². The molecule has 2 aromatic rings. The molecule has 0 spiro atoms. The van der Waals surface area contributed by atoms with E-state index in [4.69, 9.17) is 5.73 Å². The van der Waals surface area contributed by atoms with Gasteiger partial charge in [0.2, 0.25) is 0 Å². The predicted molar refractivity (Wildman–Crippen MR) is 57.3 cm³/mol. The van der Waals surface area contributed by atoms with Crippen molar-refractivity contribution in [3.63, 3.8) is 0 Å². The number of nitrogens with two attached hydrogens (primary N) is 1. The molecule has 0 amide bonds. The largest absolute Gasteiger partial charge is 0.382 e. The zero-order chi connectivity index (χ0) is 10.7. The van der Waals surface area contributed by atoms with E-state index in [1.165, 1.54) is 18.0 Å². The summed E-state index contributed by atoms with van der Waals surface area (Å²) in [5, 5.41) is 1.34. The maximum absolute atomic E-state index is 5.51. The maximum atomic E-state index is 5.51. The second-order valence-electron chi connectivity index (χ2n) is 2.86. The molecule has 2 heterocycles. The van der Waals surface area contributed by atoms with E-state index in [1.54, 1.807) is 12.4 Å². The van der Waals surface area contributed by atoms with Gasteiger partial charge in [0.1, 0.15) is 10.8 Å². The Morgan fingerprint density at radius 1 is 1.27 bits per heavy atom. The molecule has 5 nitrogen and oxygen atoms in total. The monoisotopic (exact) mass is 219 g/mol. The van der Waals surface area contributed by atoms with Crippen molar-refractivity contribution in [3.8, 4) is 0 Å². The van der Waals surface area contributed by atoms with Crippen molar-refractivity contribution in [2.24, 2.45) is 0 Å². The molecule has 0 aromatic carbocycles. The number of hydrogen-bond donors (Lipinski definition) is 1. The molecule has 2 aromatic heterocycles. The molecule has 0 saturated carbocycles. The number of nitrogens with zero attached hydrogens (tertiary/aromatic N) is 4. The first kappa shape index (κ1) is 9.85. The molecule has 0 atom stereocenters. The van der Waals surface area contributed by atoms with Crippen molar-refractivity contribution in [2.75, 3.05) is 5.73 Å². The Morgan fingerprint density at radius 3 is 2.87 bits per heavy atom. The lowest BCUT2D eigenvalue weighted by Gasteiger charge is -1.99. The zero-order valence-electron chi connectivity index (χ0n) is 8.08. The number of anilines is 1. The SMILES string of the molecule is Cc1ccnc(Sc2cncc(N)n2)n1. The predicted octanol–water partition coefficient (Wildman–Crippen LogP) is 1.31. The van der Waals surface area contributed by atoms with Gasteiger partial charge >= 0.3 is 0 Å². The van der Waals surface area contributed by atoms with Crippen molar-refractivity contribution < 1.29 is 0 Å². The molecule has 76 valence electrons. The fourth-order valence-corrected chi connectivity index (χ4v) is 1.74. The molecule has 0 fully saturated rings. The van der Waals surface area contributed by atoms with E-state index in [0.29, 0.717) is 16.0 Å². The molecular weight excluding hydrogens is 210 g/mol. The first-order valence-electron chi connectivity index (χ1n) is 4.29. The van der Waals surface area contributed by atoms with Gasteiger partial charge in [-0.05, 0) is 24.8 Å². The van der Waals surface area contributed by atoms with Gasteiger partial charge in [-0.2, -0.15) is 0 Å². The topological polar surface area (TPSA) is 77.6 Å². The standard InChI is InChI=1S/C9H9N5S/c1-6-2-3-12-9(13-6)15-8-5-11-4-7(10)14-8/h2-5H,1H3,(H2,10,14). The highest BCUT2D eigenvalue weighted by Crippen LogP contribution is 2.21. The lowest BCUT2D eigenvalue weighted by atomic mass is 10.5. The number of nitrogen functional groups attached to an aromatic ring is 1. The number of hydrogen-bond acceptors (Lipinski definition) is 6. The van der Waals surface area contributed by atoms with Crippen LogP contribution in [0, 0.1) is 6.92 Å². The van der Waals surface area contributed by atoms with Gasteiger partial charge in [0.25, 0.3) is 0 Å². The molecule has 6 heteroatoms. The Bertz CT molecular complexity index is 430. The zero-order valence-corrected chi connectivity index (χ0v) is 8.90. The van der Waals surface area contributed by atoms with E-state index in [-0.39, 0.29) is 0 Å². The third-order valence-corrected chi connectivity index (χ3v) is 2.38. The number of aryl methyl sites for hydroxylation is 1. The molecule has 15 heavy (non-hydrogen) atoms. The Balaban J connectivity index is 2.22. The van der Waals surface area contributed by atoms with Gasteiger partial charge in [0, 0.05) is 11.9 Å². The van der Waals surface area contributed by atoms with Gasteiger partial charge in [-0.25, -0.2) is 15.0 Å². The quantitative estimate of drug-likeness (QED) is 0.767. The van der Waals surface area contributed by atoms with Crippen molar-refractivity contribution in [1.29, 1.82) is 0 Å². The minimum absolute atomic E-state index is 0.396. The van der Waals surface area contributed by atoms with Crippen LogP contribution in [0.1, 0.15) is 5.69 Å². The summed E-state index contributed by atoms with van der Waals surface area (Å²) >= 11 is 1.34. The molecule has 0 bridgehead atoms. The van der Waals surface area contributed by atoms with Gasteiger partial charge in [-0.3, -0.25) is 4.98 Å². The summed E-state index contributed by atoms with van der Waals surface area (Å²) < 4.78 is 0. The Hall–Kier alpha value is -1.69. The maximum Gasteiger partial charge on any atom is 0.194 e. The van der Waals surface area contributed by atoms with Crippen molar-refractivity contribution in [1.82, 2.24) is 19.9 Å². The van der Waals surface area contributed by atoms with Crippen molar-refractivity contribution in [2.45, 2.75) is 17.1 Å². The Morgan fingerprint density at radius 2 is 2.13 bits per heavy atom. The van der Waals surface area contributed by atoms with Crippen molar-refractivity contribution in [3.05, 3.63) is 30.4 Å². The van der Waals surface area contributed by atoms with Gasteiger partial charge in [-0.1, -0.05) is 0 Å². The van der Waals surface area contributed by atoms with Crippen LogP contribution in [0.5, 0.6) is 0 Å². The summed E-state index contributed by atoms with van der Waals surface area (Å²) in [6, 6.07) is 1.84. The molecule has 0 aliphatic heterocycles. The van der Waals surface area contributed by atoms with Crippen molar-refractivity contribution >= 4 is 17.6 Å². The van der Waals surface area contributed by atoms with E-state index >= 15 is 0 Å². The summed E-state index contributed by atoms with van der Waals surface area (Å²) in [5.41, 5.74) is 6.44. The van der Waals surface area contributed by atoms with E-state index in [9.17, 15) is 0 Å². The van der Waals surface area contributed by atoms with Gasteiger partial charge in [0.15, 0.2) is 5.16 Å².